The van der Waals surface area contributed by atoms with Crippen LogP contribution in [0, 0.1) is 5.82 Å². The number of rotatable bonds is 6. The van der Waals surface area contributed by atoms with Gasteiger partial charge in [0.25, 0.3) is 0 Å². The molecular weight excluding hydrogens is 435 g/mol. The highest BCUT2D eigenvalue weighted by Crippen LogP contribution is 2.29. The molecule has 1 aliphatic heterocycles. The molecule has 2 heterocycles. The summed E-state index contributed by atoms with van der Waals surface area (Å²) in [6, 6.07) is 5.37. The van der Waals surface area contributed by atoms with Gasteiger partial charge in [-0.2, -0.15) is 0 Å². The van der Waals surface area contributed by atoms with Gasteiger partial charge in [0.05, 0.1) is 29.5 Å². The number of hydrogen-bond donors (Lipinski definition) is 2. The minimum atomic E-state index is -3.19. The number of carbonyl (C=O) groups excluding carboxylic acids is 1. The fourth-order valence-corrected chi connectivity index (χ4v) is 4.34. The second kappa shape index (κ2) is 8.75. The summed E-state index contributed by atoms with van der Waals surface area (Å²) >= 11 is 5.75. The van der Waals surface area contributed by atoms with Crippen molar-refractivity contribution in [3.63, 3.8) is 0 Å². The maximum absolute atomic E-state index is 13.9. The zero-order valence-corrected chi connectivity index (χ0v) is 18.1. The summed E-state index contributed by atoms with van der Waals surface area (Å²) in [6.07, 6.45) is 2.44. The monoisotopic (exact) mass is 456 g/mol. The Balaban J connectivity index is 1.75. The van der Waals surface area contributed by atoms with Crippen molar-refractivity contribution in [2.24, 2.45) is 0 Å². The summed E-state index contributed by atoms with van der Waals surface area (Å²) in [5, 5.41) is 3.06. The second-order valence-corrected chi connectivity index (χ2v) is 9.40. The molecule has 0 aliphatic carbocycles. The molecule has 3 N–H and O–H groups in total. The summed E-state index contributed by atoms with van der Waals surface area (Å²) in [5.74, 6) is -0.704. The predicted octanol–water partition coefficient (Wildman–Crippen LogP) is 2.53. The van der Waals surface area contributed by atoms with Crippen molar-refractivity contribution in [2.45, 2.75) is 18.9 Å². The molecule has 0 amide bonds. The van der Waals surface area contributed by atoms with Gasteiger partial charge < -0.3 is 15.8 Å². The number of anilines is 2. The molecule has 0 atom stereocenters. The minimum Gasteiger partial charge on any atom is -0.496 e. The van der Waals surface area contributed by atoms with Crippen molar-refractivity contribution in [1.82, 2.24) is 9.29 Å². The predicted molar refractivity (Wildman–Crippen MR) is 113 cm³/mol. The van der Waals surface area contributed by atoms with Crippen LogP contribution < -0.4 is 15.8 Å². The van der Waals surface area contributed by atoms with E-state index in [4.69, 9.17) is 22.1 Å². The number of nitrogens with two attached hydrogens (primary N) is 1. The lowest BCUT2D eigenvalue weighted by molar-refractivity contribution is 0.103. The van der Waals surface area contributed by atoms with Crippen molar-refractivity contribution in [3.8, 4) is 5.75 Å². The van der Waals surface area contributed by atoms with Crippen LogP contribution in [0.2, 0.25) is 5.02 Å². The lowest BCUT2D eigenvalue weighted by Gasteiger charge is -2.31. The van der Waals surface area contributed by atoms with Crippen molar-refractivity contribution >= 4 is 39.0 Å². The molecule has 3 rings (SSSR count). The highest BCUT2D eigenvalue weighted by atomic mass is 35.5. The summed E-state index contributed by atoms with van der Waals surface area (Å²) in [6.45, 7) is 0.842. The molecular formula is C19H22ClFN4O4S. The number of methoxy groups -OCH3 is 1. The van der Waals surface area contributed by atoms with Gasteiger partial charge in [-0.25, -0.2) is 22.1 Å². The highest BCUT2D eigenvalue weighted by molar-refractivity contribution is 7.88. The number of piperidine rings is 1. The first-order valence-corrected chi connectivity index (χ1v) is 11.4. The number of carbonyl (C=O) groups is 1. The first-order chi connectivity index (χ1) is 14.1. The summed E-state index contributed by atoms with van der Waals surface area (Å²) < 4.78 is 43.6. The molecule has 8 nitrogen and oxygen atoms in total. The number of pyridine rings is 1. The van der Waals surface area contributed by atoms with E-state index in [2.05, 4.69) is 10.3 Å². The first-order valence-electron chi connectivity index (χ1n) is 9.16. The molecule has 1 fully saturated rings. The molecule has 0 unspecified atom stereocenters. The Bertz CT molecular complexity index is 1070. The quantitative estimate of drug-likeness (QED) is 0.642. The van der Waals surface area contributed by atoms with Crippen LogP contribution in [-0.2, 0) is 10.0 Å². The number of benzene rings is 1. The minimum absolute atomic E-state index is 0.0123. The van der Waals surface area contributed by atoms with E-state index in [9.17, 15) is 17.6 Å². The smallest absolute Gasteiger partial charge is 0.211 e. The maximum Gasteiger partial charge on any atom is 0.211 e. The fourth-order valence-electron chi connectivity index (χ4n) is 3.31. The lowest BCUT2D eigenvalue weighted by Crippen LogP contribution is -2.41. The Morgan fingerprint density at radius 1 is 1.30 bits per heavy atom. The summed E-state index contributed by atoms with van der Waals surface area (Å²) in [4.78, 5) is 17.1. The first kappa shape index (κ1) is 22.3. The second-order valence-electron chi connectivity index (χ2n) is 7.01. The van der Waals surface area contributed by atoms with E-state index in [1.165, 1.54) is 29.8 Å². The van der Waals surface area contributed by atoms with Crippen molar-refractivity contribution in [3.05, 3.63) is 46.2 Å². The van der Waals surface area contributed by atoms with Gasteiger partial charge >= 0.3 is 0 Å². The summed E-state index contributed by atoms with van der Waals surface area (Å²) in [7, 11) is -1.84. The van der Waals surface area contributed by atoms with Crippen molar-refractivity contribution < 1.29 is 22.3 Å². The molecule has 0 spiro atoms. The Kier molecular flexibility index (Phi) is 6.49. The molecule has 0 saturated carbocycles. The van der Waals surface area contributed by atoms with Gasteiger partial charge in [0.15, 0.2) is 0 Å². The zero-order chi connectivity index (χ0) is 22.1. The summed E-state index contributed by atoms with van der Waals surface area (Å²) in [5.41, 5.74) is 6.08. The topological polar surface area (TPSA) is 115 Å². The molecule has 0 bridgehead atoms. The van der Waals surface area contributed by atoms with E-state index in [1.54, 1.807) is 6.07 Å². The van der Waals surface area contributed by atoms with Crippen LogP contribution in [0.15, 0.2) is 24.3 Å². The van der Waals surface area contributed by atoms with Gasteiger partial charge in [0.2, 0.25) is 15.8 Å². The van der Waals surface area contributed by atoms with Gasteiger partial charge in [-0.05, 0) is 31.0 Å². The molecule has 1 aromatic carbocycles. The van der Waals surface area contributed by atoms with E-state index in [1.807, 2.05) is 0 Å². The number of aromatic nitrogens is 1. The van der Waals surface area contributed by atoms with Gasteiger partial charge in [0, 0.05) is 25.2 Å². The number of halogens is 2. The third-order valence-electron chi connectivity index (χ3n) is 4.93. The SMILES string of the molecule is COc1cc(Cl)c(F)cc1C(=O)c1ccc(NC2CCN(S(C)(=O)=O)CC2)nc1N. The van der Waals surface area contributed by atoms with Crippen LogP contribution in [0.1, 0.15) is 28.8 Å². The number of hydrogen-bond acceptors (Lipinski definition) is 7. The number of ketones is 1. The number of nitrogens with zero attached hydrogens (tertiary/aromatic N) is 2. The zero-order valence-electron chi connectivity index (χ0n) is 16.5. The van der Waals surface area contributed by atoms with Crippen LogP contribution in [0.3, 0.4) is 0 Å². The molecule has 1 aliphatic rings. The lowest BCUT2D eigenvalue weighted by atomic mass is 10.0. The number of nitrogen functional groups attached to an aromatic ring is 1. The van der Waals surface area contributed by atoms with Crippen LogP contribution in [-0.4, -0.2) is 56.0 Å². The Labute approximate surface area is 179 Å². The molecule has 11 heteroatoms. The van der Waals surface area contributed by atoms with Crippen molar-refractivity contribution in [2.75, 3.05) is 37.5 Å². The van der Waals surface area contributed by atoms with Crippen LogP contribution in [0.5, 0.6) is 5.75 Å². The fraction of sp³-hybridized carbons (Fsp3) is 0.368. The standard InChI is InChI=1S/C19H22ClFN4O4S/c1-29-16-10-14(20)15(21)9-13(16)18(26)12-3-4-17(24-19(12)22)23-11-5-7-25(8-6-11)30(2,27)28/h3-4,9-11H,5-8H2,1-2H3,(H3,22,23,24). The molecule has 162 valence electrons. The molecule has 30 heavy (non-hydrogen) atoms. The normalized spacial score (nSPS) is 15.7. The van der Waals surface area contributed by atoms with E-state index in [0.29, 0.717) is 31.7 Å². The third kappa shape index (κ3) is 4.82. The van der Waals surface area contributed by atoms with Gasteiger partial charge in [-0.3, -0.25) is 4.79 Å². The largest absolute Gasteiger partial charge is 0.496 e. The maximum atomic E-state index is 13.9. The third-order valence-corrected chi connectivity index (χ3v) is 6.52. The van der Waals surface area contributed by atoms with Gasteiger partial charge in [-0.1, -0.05) is 11.6 Å². The van der Waals surface area contributed by atoms with Crippen LogP contribution >= 0.6 is 11.6 Å². The molecule has 1 aromatic heterocycles. The number of sulfonamides is 1. The van der Waals surface area contributed by atoms with Crippen LogP contribution in [0.4, 0.5) is 16.0 Å². The van der Waals surface area contributed by atoms with E-state index < -0.39 is 21.6 Å². The van der Waals surface area contributed by atoms with Crippen molar-refractivity contribution in [1.29, 1.82) is 0 Å². The molecule has 0 radical (unpaired) electrons. The average molecular weight is 457 g/mol. The number of ether oxygens (including phenoxy) is 1. The van der Waals surface area contributed by atoms with E-state index >= 15 is 0 Å². The van der Waals surface area contributed by atoms with Gasteiger partial charge in [-0.15, -0.1) is 0 Å². The molecule has 2 aromatic rings. The average Bonchev–Trinajstić information content (AvgIpc) is 2.69. The van der Waals surface area contributed by atoms with Gasteiger partial charge in [0.1, 0.15) is 23.2 Å². The highest BCUT2D eigenvalue weighted by Gasteiger charge is 2.25. The van der Waals surface area contributed by atoms with E-state index in [0.717, 1.165) is 6.07 Å². The number of nitrogens with one attached hydrogen (secondary N) is 1. The molecule has 1 saturated heterocycles. The Morgan fingerprint density at radius 3 is 2.53 bits per heavy atom. The van der Waals surface area contributed by atoms with Crippen LogP contribution in [0.25, 0.3) is 0 Å². The Morgan fingerprint density at radius 2 is 1.97 bits per heavy atom. The van der Waals surface area contributed by atoms with E-state index in [-0.39, 0.29) is 33.8 Å². The Hall–Kier alpha value is -2.43.